The van der Waals surface area contributed by atoms with Gasteiger partial charge in [0.15, 0.2) is 0 Å². The zero-order chi connectivity index (χ0) is 9.23. The highest BCUT2D eigenvalue weighted by Crippen LogP contribution is 2.04. The quantitative estimate of drug-likeness (QED) is 0.313. The Labute approximate surface area is 77.4 Å². The summed E-state index contributed by atoms with van der Waals surface area (Å²) in [5, 5.41) is 0. The Morgan fingerprint density at radius 3 is 2.58 bits per heavy atom. The van der Waals surface area contributed by atoms with Gasteiger partial charge in [-0.2, -0.15) is 0 Å². The van der Waals surface area contributed by atoms with Gasteiger partial charge in [0, 0.05) is 0 Å². The third-order valence-corrected chi connectivity index (χ3v) is 1.95. The standard InChI is InChI=1S/C12H21/c1-4-7-8-9-10-11-12(5-2)6-3/h5,9-11H,4,6-8H2,1-3H3/q-1. The first-order valence-electron chi connectivity index (χ1n) is 5.00. The van der Waals surface area contributed by atoms with Crippen LogP contribution in [0.4, 0.5) is 0 Å². The molecule has 0 heteroatoms. The predicted molar refractivity (Wildman–Crippen MR) is 57.0 cm³/mol. The second kappa shape index (κ2) is 8.45. The number of allylic oxidation sites excluding steroid dienone is 4. The SMILES string of the molecule is CC=C(C=C[CH-]CCCC)CC. The highest BCUT2D eigenvalue weighted by atomic mass is 13.9. The van der Waals surface area contributed by atoms with E-state index < -0.39 is 0 Å². The molecule has 0 aromatic carbocycles. The normalized spacial score (nSPS) is 12.4. The van der Waals surface area contributed by atoms with E-state index in [9.17, 15) is 0 Å². The van der Waals surface area contributed by atoms with Gasteiger partial charge in [-0.1, -0.05) is 26.7 Å². The van der Waals surface area contributed by atoms with Crippen LogP contribution in [0.5, 0.6) is 0 Å². The molecule has 0 saturated carbocycles. The predicted octanol–water partition coefficient (Wildman–Crippen LogP) is 4.29. The number of unbranched alkanes of at least 4 members (excludes halogenated alkanes) is 3. The van der Waals surface area contributed by atoms with Crippen LogP contribution in [0.25, 0.3) is 0 Å². The van der Waals surface area contributed by atoms with Crippen molar-refractivity contribution in [2.24, 2.45) is 0 Å². The molecule has 0 radical (unpaired) electrons. The first kappa shape index (κ1) is 11.4. The summed E-state index contributed by atoms with van der Waals surface area (Å²) in [6.07, 6.45) is 13.7. The maximum atomic E-state index is 2.25. The summed E-state index contributed by atoms with van der Waals surface area (Å²) in [4.78, 5) is 0. The van der Waals surface area contributed by atoms with Gasteiger partial charge in [0.2, 0.25) is 0 Å². The van der Waals surface area contributed by atoms with Gasteiger partial charge in [-0.3, -0.25) is 0 Å². The molecule has 0 aliphatic rings. The Morgan fingerprint density at radius 1 is 1.33 bits per heavy atom. The molecule has 0 spiro atoms. The summed E-state index contributed by atoms with van der Waals surface area (Å²) in [7, 11) is 0. The molecule has 0 aliphatic heterocycles. The molecule has 0 atom stereocenters. The van der Waals surface area contributed by atoms with Gasteiger partial charge in [0.25, 0.3) is 0 Å². The summed E-state index contributed by atoms with van der Waals surface area (Å²) in [6, 6.07) is 0. The highest BCUT2D eigenvalue weighted by Gasteiger charge is 1.77. The molecule has 12 heavy (non-hydrogen) atoms. The number of rotatable bonds is 6. The lowest BCUT2D eigenvalue weighted by molar-refractivity contribution is 0.795. The van der Waals surface area contributed by atoms with E-state index in [1.165, 1.54) is 24.8 Å². The Kier molecular flexibility index (Phi) is 7.99. The third-order valence-electron chi connectivity index (χ3n) is 1.95. The fraction of sp³-hybridized carbons (Fsp3) is 0.583. The van der Waals surface area contributed by atoms with Gasteiger partial charge in [0.1, 0.15) is 0 Å². The zero-order valence-electron chi connectivity index (χ0n) is 8.64. The van der Waals surface area contributed by atoms with E-state index in [2.05, 4.69) is 45.4 Å². The minimum Gasteiger partial charge on any atom is -0.230 e. The molecule has 0 bridgehead atoms. The molecule has 0 aromatic heterocycles. The summed E-state index contributed by atoms with van der Waals surface area (Å²) in [6.45, 7) is 6.50. The lowest BCUT2D eigenvalue weighted by Gasteiger charge is -2.03. The summed E-state index contributed by atoms with van der Waals surface area (Å²) in [5.74, 6) is 0. The molecule has 0 amide bonds. The molecule has 0 unspecified atom stereocenters. The van der Waals surface area contributed by atoms with Crippen LogP contribution in [0.15, 0.2) is 23.8 Å². The lowest BCUT2D eigenvalue weighted by Crippen LogP contribution is -1.75. The fourth-order valence-electron chi connectivity index (χ4n) is 1.03. The molecule has 0 rings (SSSR count). The molecular weight excluding hydrogens is 144 g/mol. The van der Waals surface area contributed by atoms with Crippen molar-refractivity contribution in [3.63, 3.8) is 0 Å². The van der Waals surface area contributed by atoms with Gasteiger partial charge in [-0.15, -0.1) is 18.1 Å². The van der Waals surface area contributed by atoms with Crippen molar-refractivity contribution in [1.82, 2.24) is 0 Å². The Hall–Kier alpha value is -0.650. The van der Waals surface area contributed by atoms with E-state index in [-0.39, 0.29) is 0 Å². The highest BCUT2D eigenvalue weighted by molar-refractivity contribution is 5.19. The summed E-state index contributed by atoms with van der Waals surface area (Å²) in [5.41, 5.74) is 1.42. The van der Waals surface area contributed by atoms with E-state index in [1.807, 2.05) is 0 Å². The van der Waals surface area contributed by atoms with Crippen LogP contribution in [0.1, 0.15) is 46.5 Å². The van der Waals surface area contributed by atoms with Crippen LogP contribution >= 0.6 is 0 Å². The molecule has 0 aromatic rings. The van der Waals surface area contributed by atoms with Crippen LogP contribution < -0.4 is 0 Å². The summed E-state index contributed by atoms with van der Waals surface area (Å²) >= 11 is 0. The average molecular weight is 165 g/mol. The average Bonchev–Trinajstić information content (AvgIpc) is 2.11. The van der Waals surface area contributed by atoms with Crippen molar-refractivity contribution in [2.75, 3.05) is 0 Å². The third kappa shape index (κ3) is 6.09. The monoisotopic (exact) mass is 165 g/mol. The van der Waals surface area contributed by atoms with Crippen molar-refractivity contribution < 1.29 is 0 Å². The Bertz CT molecular complexity index is 140. The fourth-order valence-corrected chi connectivity index (χ4v) is 1.03. The van der Waals surface area contributed by atoms with Crippen molar-refractivity contribution in [3.05, 3.63) is 30.2 Å². The van der Waals surface area contributed by atoms with Crippen molar-refractivity contribution >= 4 is 0 Å². The smallest absolute Gasteiger partial charge is 0.0479 e. The minimum absolute atomic E-state index is 1.13. The molecule has 0 N–H and O–H groups in total. The maximum absolute atomic E-state index is 2.25. The second-order valence-corrected chi connectivity index (χ2v) is 2.95. The zero-order valence-corrected chi connectivity index (χ0v) is 8.64. The van der Waals surface area contributed by atoms with Gasteiger partial charge in [-0.25, -0.2) is 18.6 Å². The summed E-state index contributed by atoms with van der Waals surface area (Å²) < 4.78 is 0. The van der Waals surface area contributed by atoms with Crippen LogP contribution in [0.2, 0.25) is 0 Å². The molecule has 70 valence electrons. The first-order valence-corrected chi connectivity index (χ1v) is 5.00. The lowest BCUT2D eigenvalue weighted by atomic mass is 10.1. The first-order chi connectivity index (χ1) is 5.85. The molecule has 0 aliphatic carbocycles. The Morgan fingerprint density at radius 2 is 2.08 bits per heavy atom. The molecular formula is C12H21-. The number of hydrogen-bond donors (Lipinski definition) is 0. The van der Waals surface area contributed by atoms with E-state index in [4.69, 9.17) is 0 Å². The molecule has 0 nitrogen and oxygen atoms in total. The van der Waals surface area contributed by atoms with Crippen LogP contribution in [0, 0.1) is 6.42 Å². The van der Waals surface area contributed by atoms with Gasteiger partial charge in [-0.05, 0) is 13.3 Å². The maximum Gasteiger partial charge on any atom is -0.0479 e. The van der Waals surface area contributed by atoms with E-state index in [1.54, 1.807) is 0 Å². The van der Waals surface area contributed by atoms with E-state index in [0.29, 0.717) is 0 Å². The minimum atomic E-state index is 1.13. The van der Waals surface area contributed by atoms with Crippen molar-refractivity contribution in [2.45, 2.75) is 46.5 Å². The van der Waals surface area contributed by atoms with Gasteiger partial charge < -0.3 is 0 Å². The largest absolute Gasteiger partial charge is 0.230 e. The van der Waals surface area contributed by atoms with Crippen LogP contribution in [-0.2, 0) is 0 Å². The Balaban J connectivity index is 3.47. The molecule has 0 fully saturated rings. The topological polar surface area (TPSA) is 0 Å². The van der Waals surface area contributed by atoms with Gasteiger partial charge >= 0.3 is 0 Å². The van der Waals surface area contributed by atoms with E-state index >= 15 is 0 Å². The van der Waals surface area contributed by atoms with E-state index in [0.717, 1.165) is 6.42 Å². The van der Waals surface area contributed by atoms with Gasteiger partial charge in [0.05, 0.1) is 0 Å². The van der Waals surface area contributed by atoms with Crippen molar-refractivity contribution in [1.29, 1.82) is 0 Å². The van der Waals surface area contributed by atoms with Crippen molar-refractivity contribution in [3.8, 4) is 0 Å². The molecule has 0 saturated heterocycles. The van der Waals surface area contributed by atoms with Crippen LogP contribution in [-0.4, -0.2) is 0 Å². The van der Waals surface area contributed by atoms with Crippen LogP contribution in [0.3, 0.4) is 0 Å². The molecule has 0 heterocycles. The second-order valence-electron chi connectivity index (χ2n) is 2.95. The number of hydrogen-bond acceptors (Lipinski definition) is 0.